The normalized spacial score (nSPS) is 12.1. The van der Waals surface area contributed by atoms with Crippen molar-refractivity contribution < 1.29 is 35.2 Å². The highest BCUT2D eigenvalue weighted by Gasteiger charge is 2.32. The summed E-state index contributed by atoms with van der Waals surface area (Å²) in [6, 6.07) is 51.6. The number of alkyl halides is 6. The van der Waals surface area contributed by atoms with Crippen LogP contribution in [0.5, 0.6) is 0 Å². The Bertz CT molecular complexity index is 4230. The number of hydrogen-bond acceptors (Lipinski definition) is 6. The van der Waals surface area contributed by atoms with Gasteiger partial charge in [-0.1, -0.05) is 97.1 Å². The fraction of sp³-hybridized carbons (Fsp3) is 0.0606. The molecule has 78 heavy (non-hydrogen) atoms. The molecule has 6 nitrogen and oxygen atoms in total. The Labute approximate surface area is 442 Å². The lowest BCUT2D eigenvalue weighted by molar-refractivity contribution is -0.138. The zero-order valence-electron chi connectivity index (χ0n) is 41.5. The van der Waals surface area contributed by atoms with E-state index in [1.165, 1.54) is 0 Å². The molecule has 0 fully saturated rings. The Hall–Kier alpha value is -9.68. The largest absolute Gasteiger partial charge is 0.454 e. The average Bonchev–Trinajstić information content (AvgIpc) is 4.04. The van der Waals surface area contributed by atoms with E-state index in [4.69, 9.17) is 18.8 Å². The molecule has 0 saturated carbocycles. The first-order valence-electron chi connectivity index (χ1n) is 24.9. The first-order chi connectivity index (χ1) is 37.7. The van der Waals surface area contributed by atoms with Crippen molar-refractivity contribution in [2.75, 3.05) is 0 Å². The predicted molar refractivity (Wildman–Crippen MR) is 295 cm³/mol. The van der Waals surface area contributed by atoms with Crippen LogP contribution < -0.4 is 0 Å². The Morgan fingerprint density at radius 2 is 0.705 bits per heavy atom. The van der Waals surface area contributed by atoms with Crippen LogP contribution in [0.25, 0.3) is 133 Å². The number of aromatic nitrogens is 4. The standard InChI is InChI=1S/C66H40F6N4O2/c1-37-23-43(29-49(25-37)65(67,68)69)45-27-47(35-73-33-45)53-9-5-3-7-51(53)41-15-17-59-57(31-41)61-63(77-59)55(19-21-75-61)39-11-13-40(14-12-39)56-20-22-76-62-58-32-42(16-18-60(58)78-64(56)62)52-8-4-6-10-54(52)48-28-46(34-74-36-48)44-24-38(2)26-50(30-44)66(70,71)72/h3-36H,1-2H3. The summed E-state index contributed by atoms with van der Waals surface area (Å²) in [5, 5.41) is 1.65. The maximum atomic E-state index is 13.8. The van der Waals surface area contributed by atoms with Crippen LogP contribution in [-0.2, 0) is 12.4 Å². The number of halogens is 6. The van der Waals surface area contributed by atoms with E-state index in [9.17, 15) is 26.3 Å². The third kappa shape index (κ3) is 8.70. The highest BCUT2D eigenvalue weighted by atomic mass is 19.4. The molecule has 0 spiro atoms. The molecule has 0 radical (unpaired) electrons. The molecule has 7 aromatic carbocycles. The Morgan fingerprint density at radius 3 is 1.10 bits per heavy atom. The van der Waals surface area contributed by atoms with Crippen molar-refractivity contribution in [2.45, 2.75) is 26.2 Å². The van der Waals surface area contributed by atoms with Gasteiger partial charge in [-0.25, -0.2) is 0 Å². The van der Waals surface area contributed by atoms with E-state index < -0.39 is 23.5 Å². The van der Waals surface area contributed by atoms with Gasteiger partial charge in [0.1, 0.15) is 22.2 Å². The molecule has 0 N–H and O–H groups in total. The number of aryl methyl sites for hydroxylation is 2. The minimum Gasteiger partial charge on any atom is -0.454 e. The van der Waals surface area contributed by atoms with Gasteiger partial charge in [0.15, 0.2) is 11.2 Å². The monoisotopic (exact) mass is 1030 g/mol. The van der Waals surface area contributed by atoms with Crippen molar-refractivity contribution in [1.29, 1.82) is 0 Å². The average molecular weight is 1040 g/mol. The molecule has 0 aliphatic heterocycles. The molecule has 13 aromatic rings. The number of nitrogens with zero attached hydrogens (tertiary/aromatic N) is 4. The van der Waals surface area contributed by atoms with Crippen LogP contribution in [-0.4, -0.2) is 19.9 Å². The maximum absolute atomic E-state index is 13.8. The minimum atomic E-state index is -4.48. The fourth-order valence-corrected chi connectivity index (χ4v) is 10.6. The van der Waals surface area contributed by atoms with Gasteiger partial charge in [0.2, 0.25) is 0 Å². The first kappa shape index (κ1) is 48.0. The Balaban J connectivity index is 0.803. The number of rotatable bonds is 8. The summed E-state index contributed by atoms with van der Waals surface area (Å²) in [5.74, 6) is 0. The molecular formula is C66H40F6N4O2. The van der Waals surface area contributed by atoms with Gasteiger partial charge in [0.05, 0.1) is 11.1 Å². The van der Waals surface area contributed by atoms with E-state index in [0.717, 1.165) is 102 Å². The lowest BCUT2D eigenvalue weighted by Gasteiger charge is -2.13. The highest BCUT2D eigenvalue weighted by molar-refractivity contribution is 6.10. The van der Waals surface area contributed by atoms with Gasteiger partial charge in [0.25, 0.3) is 0 Å². The first-order valence-corrected chi connectivity index (χ1v) is 24.9. The number of furan rings is 2. The van der Waals surface area contributed by atoms with Crippen molar-refractivity contribution in [2.24, 2.45) is 0 Å². The number of fused-ring (bicyclic) bond motifs is 6. The molecule has 0 amide bonds. The number of pyridine rings is 4. The number of benzene rings is 7. The van der Waals surface area contributed by atoms with Gasteiger partial charge in [-0.3, -0.25) is 19.9 Å². The van der Waals surface area contributed by atoms with E-state index >= 15 is 0 Å². The summed E-state index contributed by atoms with van der Waals surface area (Å²) >= 11 is 0. The van der Waals surface area contributed by atoms with E-state index in [0.29, 0.717) is 66.7 Å². The zero-order valence-corrected chi connectivity index (χ0v) is 41.5. The van der Waals surface area contributed by atoms with Gasteiger partial charge in [-0.2, -0.15) is 26.3 Å². The van der Waals surface area contributed by atoms with Crippen LogP contribution in [0.1, 0.15) is 22.3 Å². The molecule has 0 atom stereocenters. The smallest absolute Gasteiger partial charge is 0.416 e. The summed E-state index contributed by atoms with van der Waals surface area (Å²) in [6.07, 6.45) is 1.21. The van der Waals surface area contributed by atoms with Crippen LogP contribution >= 0.6 is 0 Å². The second kappa shape index (κ2) is 18.6. The molecule has 378 valence electrons. The summed E-state index contributed by atoms with van der Waals surface area (Å²) in [6.45, 7) is 3.31. The maximum Gasteiger partial charge on any atom is 0.416 e. The van der Waals surface area contributed by atoms with Gasteiger partial charge in [-0.15, -0.1) is 0 Å². The molecular weight excluding hydrogens is 995 g/mol. The summed E-state index contributed by atoms with van der Waals surface area (Å²) in [4.78, 5) is 18.5. The second-order valence-electron chi connectivity index (χ2n) is 19.5. The lowest BCUT2D eigenvalue weighted by atomic mass is 9.93. The quantitative estimate of drug-likeness (QED) is 0.141. The molecule has 0 unspecified atom stereocenters. The molecule has 6 aromatic heterocycles. The van der Waals surface area contributed by atoms with Gasteiger partial charge in [0, 0.05) is 81.3 Å². The predicted octanol–water partition coefficient (Wildman–Crippen LogP) is 19.1. The lowest BCUT2D eigenvalue weighted by Crippen LogP contribution is -2.05. The molecule has 0 aliphatic rings. The third-order valence-corrected chi connectivity index (χ3v) is 14.3. The van der Waals surface area contributed by atoms with Crippen molar-refractivity contribution in [3.63, 3.8) is 0 Å². The van der Waals surface area contributed by atoms with E-state index in [1.54, 1.807) is 63.2 Å². The van der Waals surface area contributed by atoms with Crippen LogP contribution in [0.3, 0.4) is 0 Å². The van der Waals surface area contributed by atoms with Crippen LogP contribution in [0.4, 0.5) is 26.3 Å². The minimum absolute atomic E-state index is 0.437. The van der Waals surface area contributed by atoms with Gasteiger partial charge in [-0.05, 0) is 153 Å². The third-order valence-electron chi connectivity index (χ3n) is 14.3. The van der Waals surface area contributed by atoms with E-state index in [2.05, 4.69) is 22.1 Å². The Kier molecular flexibility index (Phi) is 11.4. The molecule has 12 heteroatoms. The van der Waals surface area contributed by atoms with Crippen molar-refractivity contribution in [1.82, 2.24) is 19.9 Å². The van der Waals surface area contributed by atoms with Crippen LogP contribution in [0.15, 0.2) is 216 Å². The van der Waals surface area contributed by atoms with Gasteiger partial charge < -0.3 is 8.83 Å². The van der Waals surface area contributed by atoms with Crippen molar-refractivity contribution in [3.8, 4) is 89.0 Å². The Morgan fingerprint density at radius 1 is 0.333 bits per heavy atom. The summed E-state index contributed by atoms with van der Waals surface area (Å²) in [5.41, 5.74) is 16.1. The van der Waals surface area contributed by atoms with Crippen LogP contribution in [0, 0.1) is 13.8 Å². The fourth-order valence-electron chi connectivity index (χ4n) is 10.6. The van der Waals surface area contributed by atoms with E-state index in [1.807, 2.05) is 121 Å². The summed E-state index contributed by atoms with van der Waals surface area (Å²) < 4.78 is 95.8. The molecule has 0 bridgehead atoms. The van der Waals surface area contributed by atoms with Gasteiger partial charge >= 0.3 is 12.4 Å². The zero-order chi connectivity index (χ0) is 53.5. The van der Waals surface area contributed by atoms with E-state index in [-0.39, 0.29) is 0 Å². The molecule has 0 aliphatic carbocycles. The molecule has 6 heterocycles. The topological polar surface area (TPSA) is 77.8 Å². The number of hydrogen-bond donors (Lipinski definition) is 0. The van der Waals surface area contributed by atoms with Crippen molar-refractivity contribution in [3.05, 3.63) is 229 Å². The SMILES string of the molecule is Cc1cc(-c2cncc(-c3ccccc3-c3ccc4oc5c(-c6ccc(-c7ccnc8c7oc7ccc(-c9ccccc9-c9cncc(-c%10cc(C)cc(C(F)(F)F)c%10)c9)cc78)cc6)ccnc5c4c3)c2)cc(C(F)(F)F)c1. The highest BCUT2D eigenvalue weighted by Crippen LogP contribution is 2.43. The molecule has 0 saturated heterocycles. The second-order valence-corrected chi connectivity index (χ2v) is 19.5. The summed E-state index contributed by atoms with van der Waals surface area (Å²) in [7, 11) is 0. The van der Waals surface area contributed by atoms with Crippen molar-refractivity contribution >= 4 is 44.1 Å². The molecule has 13 rings (SSSR count). The van der Waals surface area contributed by atoms with Crippen LogP contribution in [0.2, 0.25) is 0 Å².